The molecule has 2 atom stereocenters. The molecule has 4 nitrogen and oxygen atoms in total. The summed E-state index contributed by atoms with van der Waals surface area (Å²) >= 11 is 0. The van der Waals surface area contributed by atoms with E-state index in [1.807, 2.05) is 50.2 Å². The molecule has 0 fully saturated rings. The maximum atomic E-state index is 5.93. The molecule has 26 heavy (non-hydrogen) atoms. The highest BCUT2D eigenvalue weighted by Crippen LogP contribution is 2.30. The van der Waals surface area contributed by atoms with Crippen molar-refractivity contribution in [2.75, 3.05) is 13.2 Å². The Morgan fingerprint density at radius 1 is 0.731 bits per heavy atom. The fraction of sp³-hybridized carbons (Fsp3) is 0.273. The van der Waals surface area contributed by atoms with E-state index in [9.17, 15) is 0 Å². The Hall–Kier alpha value is -2.88. The second kappa shape index (κ2) is 7.16. The number of aliphatic imine (C=N–C) groups is 2. The zero-order valence-electron chi connectivity index (χ0n) is 15.1. The Labute approximate surface area is 153 Å². The summed E-state index contributed by atoms with van der Waals surface area (Å²) in [5.41, 5.74) is 4.28. The molecule has 0 aliphatic carbocycles. The van der Waals surface area contributed by atoms with Gasteiger partial charge in [-0.2, -0.15) is 0 Å². The van der Waals surface area contributed by atoms with Crippen molar-refractivity contribution in [2.45, 2.75) is 25.9 Å². The number of allylic oxidation sites excluding steroid dienone is 1. The van der Waals surface area contributed by atoms with Crippen LogP contribution in [0.5, 0.6) is 0 Å². The number of ether oxygens (including phenoxy) is 2. The van der Waals surface area contributed by atoms with Crippen molar-refractivity contribution in [2.24, 2.45) is 9.98 Å². The second-order valence-corrected chi connectivity index (χ2v) is 6.72. The maximum absolute atomic E-state index is 5.93. The quantitative estimate of drug-likeness (QED) is 0.808. The Bertz CT molecular complexity index is 798. The van der Waals surface area contributed by atoms with Crippen LogP contribution in [0.25, 0.3) is 0 Å². The van der Waals surface area contributed by atoms with E-state index in [1.54, 1.807) is 0 Å². The summed E-state index contributed by atoms with van der Waals surface area (Å²) in [5.74, 6) is 1.26. The summed E-state index contributed by atoms with van der Waals surface area (Å²) in [6.45, 7) is 5.18. The zero-order valence-corrected chi connectivity index (χ0v) is 15.1. The molecule has 2 heterocycles. The van der Waals surface area contributed by atoms with Crippen molar-refractivity contribution >= 4 is 11.8 Å². The van der Waals surface area contributed by atoms with Gasteiger partial charge in [-0.3, -0.25) is 0 Å². The smallest absolute Gasteiger partial charge is 0.222 e. The Kier molecular flexibility index (Phi) is 4.57. The van der Waals surface area contributed by atoms with Crippen LogP contribution in [0.15, 0.2) is 81.8 Å². The lowest BCUT2D eigenvalue weighted by Crippen LogP contribution is -2.15. The molecule has 0 unspecified atom stereocenters. The van der Waals surface area contributed by atoms with E-state index in [0.717, 1.165) is 22.3 Å². The average molecular weight is 346 g/mol. The normalized spacial score (nSPS) is 21.5. The molecule has 0 radical (unpaired) electrons. The largest absolute Gasteiger partial charge is 0.475 e. The summed E-state index contributed by atoms with van der Waals surface area (Å²) in [6, 6.07) is 20.5. The lowest BCUT2D eigenvalue weighted by Gasteiger charge is -2.08. The van der Waals surface area contributed by atoms with Gasteiger partial charge >= 0.3 is 0 Å². The predicted molar refractivity (Wildman–Crippen MR) is 104 cm³/mol. The first-order valence-electron chi connectivity index (χ1n) is 8.91. The molecule has 2 aromatic carbocycles. The monoisotopic (exact) mass is 346 g/mol. The average Bonchev–Trinajstić information content (AvgIpc) is 3.34. The molecule has 2 aliphatic rings. The molecule has 4 rings (SSSR count). The molecule has 0 spiro atoms. The van der Waals surface area contributed by atoms with Crippen LogP contribution >= 0.6 is 0 Å². The van der Waals surface area contributed by atoms with Crippen molar-refractivity contribution in [3.05, 3.63) is 82.9 Å². The van der Waals surface area contributed by atoms with E-state index in [4.69, 9.17) is 19.5 Å². The van der Waals surface area contributed by atoms with Gasteiger partial charge in [0, 0.05) is 0 Å². The van der Waals surface area contributed by atoms with Crippen LogP contribution in [0.3, 0.4) is 0 Å². The Morgan fingerprint density at radius 2 is 1.15 bits per heavy atom. The van der Waals surface area contributed by atoms with Crippen LogP contribution in [0.2, 0.25) is 0 Å². The van der Waals surface area contributed by atoms with E-state index < -0.39 is 0 Å². The SMILES string of the molecule is CC(C)=C(C1=N[C@H](c2ccccc2)CO1)C1=N[C@H](c2ccccc2)CO1. The molecule has 0 bridgehead atoms. The van der Waals surface area contributed by atoms with Gasteiger partial charge in [0.2, 0.25) is 11.8 Å². The van der Waals surface area contributed by atoms with E-state index in [1.165, 1.54) is 0 Å². The standard InChI is InChI=1S/C22H22N2O2/c1-15(2)20(21-23-18(13-25-21)16-9-5-3-6-10-16)22-24-19(14-26-22)17-11-7-4-8-12-17/h3-12,18-19H,13-14H2,1-2H3/t18-,19-/m0/s1. The molecule has 2 aliphatic heterocycles. The molecular weight excluding hydrogens is 324 g/mol. The molecule has 0 saturated heterocycles. The molecule has 0 saturated carbocycles. The molecule has 4 heteroatoms. The first kappa shape index (κ1) is 16.6. The van der Waals surface area contributed by atoms with Gasteiger partial charge in [0.25, 0.3) is 0 Å². The van der Waals surface area contributed by atoms with Crippen molar-refractivity contribution in [1.82, 2.24) is 0 Å². The van der Waals surface area contributed by atoms with Crippen molar-refractivity contribution in [3.63, 3.8) is 0 Å². The minimum absolute atomic E-state index is 0.0208. The molecule has 0 aromatic heterocycles. The molecule has 0 N–H and O–H groups in total. The van der Waals surface area contributed by atoms with E-state index in [0.29, 0.717) is 25.0 Å². The highest BCUT2D eigenvalue weighted by Gasteiger charge is 2.31. The highest BCUT2D eigenvalue weighted by atomic mass is 16.5. The van der Waals surface area contributed by atoms with Gasteiger partial charge in [0.05, 0.1) is 5.57 Å². The van der Waals surface area contributed by atoms with Crippen LogP contribution in [0, 0.1) is 0 Å². The van der Waals surface area contributed by atoms with Gasteiger partial charge < -0.3 is 9.47 Å². The first-order chi connectivity index (χ1) is 12.7. The molecule has 132 valence electrons. The van der Waals surface area contributed by atoms with Gasteiger partial charge in [0.15, 0.2) is 0 Å². The lowest BCUT2D eigenvalue weighted by molar-refractivity contribution is 0.309. The lowest BCUT2D eigenvalue weighted by atomic mass is 10.1. The molecule has 2 aromatic rings. The summed E-state index contributed by atoms with van der Waals surface area (Å²) in [4.78, 5) is 9.60. The zero-order chi connectivity index (χ0) is 17.9. The third kappa shape index (κ3) is 3.27. The van der Waals surface area contributed by atoms with Crippen LogP contribution in [0.1, 0.15) is 37.1 Å². The van der Waals surface area contributed by atoms with Gasteiger partial charge in [-0.1, -0.05) is 66.2 Å². The Balaban J connectivity index is 1.61. The van der Waals surface area contributed by atoms with Crippen molar-refractivity contribution < 1.29 is 9.47 Å². The van der Waals surface area contributed by atoms with Crippen LogP contribution < -0.4 is 0 Å². The first-order valence-corrected chi connectivity index (χ1v) is 8.91. The topological polar surface area (TPSA) is 43.2 Å². The maximum Gasteiger partial charge on any atom is 0.222 e. The van der Waals surface area contributed by atoms with Gasteiger partial charge in [0.1, 0.15) is 25.3 Å². The second-order valence-electron chi connectivity index (χ2n) is 6.72. The van der Waals surface area contributed by atoms with E-state index >= 15 is 0 Å². The number of hydrogen-bond acceptors (Lipinski definition) is 4. The van der Waals surface area contributed by atoms with Crippen LogP contribution in [-0.4, -0.2) is 25.0 Å². The van der Waals surface area contributed by atoms with Gasteiger partial charge in [-0.15, -0.1) is 0 Å². The van der Waals surface area contributed by atoms with Crippen molar-refractivity contribution in [3.8, 4) is 0 Å². The van der Waals surface area contributed by atoms with E-state index in [2.05, 4.69) is 24.3 Å². The summed E-state index contributed by atoms with van der Waals surface area (Å²) in [6.07, 6.45) is 0. The number of nitrogens with zero attached hydrogens (tertiary/aromatic N) is 2. The minimum Gasteiger partial charge on any atom is -0.475 e. The van der Waals surface area contributed by atoms with Gasteiger partial charge in [-0.25, -0.2) is 9.98 Å². The summed E-state index contributed by atoms with van der Waals surface area (Å²) < 4.78 is 11.9. The van der Waals surface area contributed by atoms with Crippen LogP contribution in [0.4, 0.5) is 0 Å². The summed E-state index contributed by atoms with van der Waals surface area (Å²) in [7, 11) is 0. The third-order valence-electron chi connectivity index (χ3n) is 4.60. The van der Waals surface area contributed by atoms with Crippen molar-refractivity contribution in [1.29, 1.82) is 0 Å². The highest BCUT2D eigenvalue weighted by molar-refractivity contribution is 6.19. The Morgan fingerprint density at radius 3 is 1.54 bits per heavy atom. The predicted octanol–water partition coefficient (Wildman–Crippen LogP) is 4.66. The number of rotatable bonds is 4. The fourth-order valence-electron chi connectivity index (χ4n) is 3.23. The molecule has 0 amide bonds. The number of hydrogen-bond donors (Lipinski definition) is 0. The summed E-state index contributed by atoms with van der Waals surface area (Å²) in [5, 5.41) is 0. The molecular formula is C22H22N2O2. The minimum atomic E-state index is 0.0208. The van der Waals surface area contributed by atoms with Crippen LogP contribution in [-0.2, 0) is 9.47 Å². The third-order valence-corrected chi connectivity index (χ3v) is 4.60. The number of benzene rings is 2. The van der Waals surface area contributed by atoms with Gasteiger partial charge in [-0.05, 0) is 25.0 Å². The van der Waals surface area contributed by atoms with E-state index in [-0.39, 0.29) is 12.1 Å². The fourth-order valence-corrected chi connectivity index (χ4v) is 3.23.